The second kappa shape index (κ2) is 4.57. The molecule has 0 aliphatic carbocycles. The number of carboxylic acids is 1. The maximum Gasteiger partial charge on any atom is 0.303 e. The van der Waals surface area contributed by atoms with E-state index in [0.717, 1.165) is 5.56 Å². The van der Waals surface area contributed by atoms with Gasteiger partial charge in [0.05, 0.1) is 6.26 Å². The average Bonchev–Trinajstić information content (AvgIpc) is 2.80. The van der Waals surface area contributed by atoms with Crippen molar-refractivity contribution < 1.29 is 14.3 Å². The molecule has 2 aromatic rings. The molecular formula is C11H10N2O3. The summed E-state index contributed by atoms with van der Waals surface area (Å²) in [7, 11) is 0. The van der Waals surface area contributed by atoms with Gasteiger partial charge in [0.15, 0.2) is 11.6 Å². The van der Waals surface area contributed by atoms with Crippen LogP contribution in [-0.4, -0.2) is 21.0 Å². The summed E-state index contributed by atoms with van der Waals surface area (Å²) >= 11 is 0. The van der Waals surface area contributed by atoms with Gasteiger partial charge in [-0.1, -0.05) is 0 Å². The molecule has 2 rings (SSSR count). The first-order valence-corrected chi connectivity index (χ1v) is 4.82. The Kier molecular flexibility index (Phi) is 2.95. The molecule has 0 aromatic carbocycles. The van der Waals surface area contributed by atoms with Crippen LogP contribution in [0.3, 0.4) is 0 Å². The van der Waals surface area contributed by atoms with Crippen molar-refractivity contribution in [2.75, 3.05) is 0 Å². The number of hydrogen-bond acceptors (Lipinski definition) is 4. The van der Waals surface area contributed by atoms with Gasteiger partial charge in [0.25, 0.3) is 0 Å². The quantitative estimate of drug-likeness (QED) is 0.846. The van der Waals surface area contributed by atoms with Gasteiger partial charge in [-0.15, -0.1) is 0 Å². The number of carbonyl (C=O) groups is 1. The highest BCUT2D eigenvalue weighted by Gasteiger charge is 2.04. The Morgan fingerprint density at radius 3 is 2.69 bits per heavy atom. The minimum Gasteiger partial charge on any atom is -0.481 e. The van der Waals surface area contributed by atoms with E-state index in [-0.39, 0.29) is 6.42 Å². The molecule has 5 heteroatoms. The van der Waals surface area contributed by atoms with E-state index < -0.39 is 5.97 Å². The van der Waals surface area contributed by atoms with Crippen LogP contribution in [0.25, 0.3) is 11.6 Å². The molecule has 2 heterocycles. The van der Waals surface area contributed by atoms with E-state index in [4.69, 9.17) is 9.52 Å². The van der Waals surface area contributed by atoms with Crippen LogP contribution in [0.4, 0.5) is 0 Å². The summed E-state index contributed by atoms with van der Waals surface area (Å²) in [5, 5.41) is 8.52. The van der Waals surface area contributed by atoms with E-state index >= 15 is 0 Å². The Hall–Kier alpha value is -2.17. The maximum atomic E-state index is 10.4. The molecule has 5 nitrogen and oxygen atoms in total. The van der Waals surface area contributed by atoms with Crippen molar-refractivity contribution in [3.63, 3.8) is 0 Å². The third-order valence-electron chi connectivity index (χ3n) is 2.07. The van der Waals surface area contributed by atoms with Crippen LogP contribution in [0.2, 0.25) is 0 Å². The SMILES string of the molecule is O=C(O)CCc1cnc(-c2ccco2)nc1. The predicted octanol–water partition coefficient (Wildman–Crippen LogP) is 1.75. The highest BCUT2D eigenvalue weighted by molar-refractivity contribution is 5.67. The maximum absolute atomic E-state index is 10.4. The van der Waals surface area contributed by atoms with Gasteiger partial charge in [-0.05, 0) is 24.1 Å². The Morgan fingerprint density at radius 2 is 2.12 bits per heavy atom. The number of rotatable bonds is 4. The van der Waals surface area contributed by atoms with Crippen molar-refractivity contribution in [3.05, 3.63) is 36.4 Å². The molecule has 0 unspecified atom stereocenters. The molecule has 0 saturated heterocycles. The first-order valence-electron chi connectivity index (χ1n) is 4.82. The Bertz CT molecular complexity index is 462. The largest absolute Gasteiger partial charge is 0.481 e. The van der Waals surface area contributed by atoms with Crippen LogP contribution in [-0.2, 0) is 11.2 Å². The lowest BCUT2D eigenvalue weighted by Crippen LogP contribution is -1.99. The van der Waals surface area contributed by atoms with Crippen molar-refractivity contribution in [2.45, 2.75) is 12.8 Å². The Labute approximate surface area is 91.8 Å². The monoisotopic (exact) mass is 218 g/mol. The normalized spacial score (nSPS) is 10.2. The van der Waals surface area contributed by atoms with Crippen molar-refractivity contribution in [2.24, 2.45) is 0 Å². The fourth-order valence-corrected chi connectivity index (χ4v) is 1.27. The van der Waals surface area contributed by atoms with Gasteiger partial charge in [0, 0.05) is 18.8 Å². The van der Waals surface area contributed by atoms with E-state index in [2.05, 4.69) is 9.97 Å². The van der Waals surface area contributed by atoms with Crippen LogP contribution < -0.4 is 0 Å². The number of nitrogens with zero attached hydrogens (tertiary/aromatic N) is 2. The van der Waals surface area contributed by atoms with Crippen molar-refractivity contribution in [1.29, 1.82) is 0 Å². The van der Waals surface area contributed by atoms with Gasteiger partial charge >= 0.3 is 5.97 Å². The lowest BCUT2D eigenvalue weighted by Gasteiger charge is -1.98. The molecular weight excluding hydrogens is 208 g/mol. The van der Waals surface area contributed by atoms with Gasteiger partial charge in [-0.3, -0.25) is 4.79 Å². The summed E-state index contributed by atoms with van der Waals surface area (Å²) in [6, 6.07) is 3.53. The smallest absolute Gasteiger partial charge is 0.303 e. The van der Waals surface area contributed by atoms with E-state index in [1.54, 1.807) is 30.8 Å². The number of aliphatic carboxylic acids is 1. The molecule has 16 heavy (non-hydrogen) atoms. The molecule has 0 fully saturated rings. The third kappa shape index (κ3) is 2.44. The van der Waals surface area contributed by atoms with Crippen molar-refractivity contribution >= 4 is 5.97 Å². The minimum atomic E-state index is -0.824. The van der Waals surface area contributed by atoms with Crippen LogP contribution in [0.15, 0.2) is 35.2 Å². The summed E-state index contributed by atoms with van der Waals surface area (Å²) in [6.45, 7) is 0. The zero-order valence-corrected chi connectivity index (χ0v) is 8.46. The van der Waals surface area contributed by atoms with Gasteiger partial charge in [0.2, 0.25) is 0 Å². The first kappa shape index (κ1) is 10.4. The van der Waals surface area contributed by atoms with Crippen molar-refractivity contribution in [1.82, 2.24) is 9.97 Å². The van der Waals surface area contributed by atoms with Gasteiger partial charge in [-0.2, -0.15) is 0 Å². The molecule has 0 radical (unpaired) electrons. The topological polar surface area (TPSA) is 76.2 Å². The molecule has 0 aliphatic rings. The molecule has 0 spiro atoms. The predicted molar refractivity (Wildman–Crippen MR) is 55.7 cm³/mol. The third-order valence-corrected chi connectivity index (χ3v) is 2.07. The molecule has 0 amide bonds. The van der Waals surface area contributed by atoms with E-state index in [0.29, 0.717) is 18.0 Å². The standard InChI is InChI=1S/C11H10N2O3/c14-10(15)4-3-8-6-12-11(13-7-8)9-2-1-5-16-9/h1-2,5-7H,3-4H2,(H,14,15). The molecule has 2 aromatic heterocycles. The summed E-state index contributed by atoms with van der Waals surface area (Å²) in [5.41, 5.74) is 0.803. The van der Waals surface area contributed by atoms with Crippen molar-refractivity contribution in [3.8, 4) is 11.6 Å². The zero-order chi connectivity index (χ0) is 11.4. The Balaban J connectivity index is 2.08. The first-order chi connectivity index (χ1) is 7.75. The summed E-state index contributed by atoms with van der Waals surface area (Å²) < 4.78 is 5.14. The second-order valence-electron chi connectivity index (χ2n) is 3.29. The van der Waals surface area contributed by atoms with E-state index in [1.165, 1.54) is 0 Å². The summed E-state index contributed by atoms with van der Waals surface area (Å²) in [5.74, 6) is 0.281. The number of furan rings is 1. The number of hydrogen-bond donors (Lipinski definition) is 1. The number of carboxylic acid groups (broad SMARTS) is 1. The van der Waals surface area contributed by atoms with Crippen LogP contribution in [0, 0.1) is 0 Å². The molecule has 82 valence electrons. The highest BCUT2D eigenvalue weighted by atomic mass is 16.4. The molecule has 1 N–H and O–H groups in total. The fraction of sp³-hybridized carbons (Fsp3) is 0.182. The van der Waals surface area contributed by atoms with Crippen LogP contribution in [0.5, 0.6) is 0 Å². The second-order valence-corrected chi connectivity index (χ2v) is 3.29. The van der Waals surface area contributed by atoms with Gasteiger partial charge in [0.1, 0.15) is 0 Å². The van der Waals surface area contributed by atoms with E-state index in [1.807, 2.05) is 0 Å². The van der Waals surface area contributed by atoms with Crippen LogP contribution >= 0.6 is 0 Å². The molecule has 0 saturated carbocycles. The molecule has 0 atom stereocenters. The summed E-state index contributed by atoms with van der Waals surface area (Å²) in [6.07, 6.45) is 5.32. The number of aromatic nitrogens is 2. The average molecular weight is 218 g/mol. The zero-order valence-electron chi connectivity index (χ0n) is 8.46. The highest BCUT2D eigenvalue weighted by Crippen LogP contribution is 2.14. The fourth-order valence-electron chi connectivity index (χ4n) is 1.27. The lowest BCUT2D eigenvalue weighted by atomic mass is 10.2. The number of aryl methyl sites for hydroxylation is 1. The van der Waals surface area contributed by atoms with E-state index in [9.17, 15) is 4.79 Å². The molecule has 0 bridgehead atoms. The van der Waals surface area contributed by atoms with Gasteiger partial charge < -0.3 is 9.52 Å². The minimum absolute atomic E-state index is 0.0868. The summed E-state index contributed by atoms with van der Waals surface area (Å²) in [4.78, 5) is 18.6. The van der Waals surface area contributed by atoms with Crippen LogP contribution in [0.1, 0.15) is 12.0 Å². The lowest BCUT2D eigenvalue weighted by molar-refractivity contribution is -0.136. The van der Waals surface area contributed by atoms with Gasteiger partial charge in [-0.25, -0.2) is 9.97 Å². The Morgan fingerprint density at radius 1 is 1.38 bits per heavy atom. The molecule has 0 aliphatic heterocycles.